The fourth-order valence-corrected chi connectivity index (χ4v) is 5.93. The number of alkyl halides is 2. The Balaban J connectivity index is 1.56. The van der Waals surface area contributed by atoms with Crippen LogP contribution < -0.4 is 10.2 Å². The molecule has 9 heteroatoms. The average molecular weight is 532 g/mol. The molecular weight excluding hydrogens is 500 g/mol. The summed E-state index contributed by atoms with van der Waals surface area (Å²) < 4.78 is 38.0. The molecule has 2 aromatic carbocycles. The molecule has 0 spiro atoms. The van der Waals surface area contributed by atoms with E-state index in [-0.39, 0.29) is 11.5 Å². The zero-order chi connectivity index (χ0) is 27.3. The summed E-state index contributed by atoms with van der Waals surface area (Å²) in [5.74, 6) is -0.162. The van der Waals surface area contributed by atoms with E-state index in [1.54, 1.807) is 37.2 Å². The number of rotatable bonds is 5. The minimum atomic E-state index is -2.63. The van der Waals surface area contributed by atoms with Crippen LogP contribution in [0.25, 0.3) is 27.6 Å². The molecule has 4 heterocycles. The number of aryl methyl sites for hydroxylation is 3. The van der Waals surface area contributed by atoms with Crippen LogP contribution in [-0.4, -0.2) is 47.1 Å². The zero-order valence-corrected chi connectivity index (χ0v) is 22.3. The van der Waals surface area contributed by atoms with Gasteiger partial charge >= 0.3 is 0 Å². The highest BCUT2D eigenvalue weighted by molar-refractivity contribution is 6.10. The average Bonchev–Trinajstić information content (AvgIpc) is 3.54. The van der Waals surface area contributed by atoms with Gasteiger partial charge in [0.2, 0.25) is 0 Å². The monoisotopic (exact) mass is 531 g/mol. The van der Waals surface area contributed by atoms with E-state index in [0.29, 0.717) is 36.4 Å². The highest BCUT2D eigenvalue weighted by Gasteiger charge is 2.27. The zero-order valence-electron chi connectivity index (χ0n) is 22.3. The molecule has 2 aromatic heterocycles. The molecule has 0 fully saturated rings. The number of aromatic nitrogens is 3. The van der Waals surface area contributed by atoms with Crippen LogP contribution in [0.4, 0.5) is 20.2 Å². The van der Waals surface area contributed by atoms with Gasteiger partial charge in [-0.05, 0) is 60.2 Å². The molecule has 2 aliphatic heterocycles. The van der Waals surface area contributed by atoms with E-state index >= 15 is 0 Å². The number of hydrogen-bond donors (Lipinski definition) is 1. The summed E-state index contributed by atoms with van der Waals surface area (Å²) in [6.45, 7) is 1.86. The van der Waals surface area contributed by atoms with Gasteiger partial charge in [0.15, 0.2) is 0 Å². The molecule has 7 nitrogen and oxygen atoms in total. The SMILES string of the molecule is CNC(=O)c1cn(C)c2c(C3=CCOCC3)cc(N3CCCc4cc(-c5cnn(C)c5)c(C(F)F)cc43)cc12. The lowest BCUT2D eigenvalue weighted by atomic mass is 9.92. The summed E-state index contributed by atoms with van der Waals surface area (Å²) in [4.78, 5) is 15.0. The number of hydrogen-bond acceptors (Lipinski definition) is 4. The molecule has 0 unspecified atom stereocenters. The maximum atomic E-state index is 14.4. The van der Waals surface area contributed by atoms with E-state index in [4.69, 9.17) is 4.74 Å². The fraction of sp³-hybridized carbons (Fsp3) is 0.333. The van der Waals surface area contributed by atoms with Crippen LogP contribution in [0, 0.1) is 0 Å². The lowest BCUT2D eigenvalue weighted by Crippen LogP contribution is -2.25. The van der Waals surface area contributed by atoms with E-state index in [9.17, 15) is 13.6 Å². The Morgan fingerprint density at radius 2 is 1.95 bits per heavy atom. The Bertz CT molecular complexity index is 1620. The lowest BCUT2D eigenvalue weighted by molar-refractivity contribution is 0.0964. The smallest absolute Gasteiger partial charge is 0.264 e. The van der Waals surface area contributed by atoms with Gasteiger partial charge in [0.25, 0.3) is 12.3 Å². The first-order chi connectivity index (χ1) is 18.9. The molecule has 2 aliphatic rings. The largest absolute Gasteiger partial charge is 0.377 e. The van der Waals surface area contributed by atoms with Gasteiger partial charge in [0, 0.05) is 73.5 Å². The Labute approximate surface area is 225 Å². The van der Waals surface area contributed by atoms with E-state index in [1.807, 2.05) is 29.9 Å². The molecule has 0 radical (unpaired) electrons. The maximum Gasteiger partial charge on any atom is 0.264 e. The van der Waals surface area contributed by atoms with Gasteiger partial charge < -0.3 is 19.5 Å². The van der Waals surface area contributed by atoms with Crippen molar-refractivity contribution in [3.63, 3.8) is 0 Å². The van der Waals surface area contributed by atoms with Crippen molar-refractivity contribution < 1.29 is 18.3 Å². The van der Waals surface area contributed by atoms with Crippen molar-refractivity contribution in [1.29, 1.82) is 0 Å². The summed E-state index contributed by atoms with van der Waals surface area (Å²) in [5, 5.41) is 7.79. The summed E-state index contributed by atoms with van der Waals surface area (Å²) >= 11 is 0. The number of carbonyl (C=O) groups is 1. The Morgan fingerprint density at radius 3 is 2.64 bits per heavy atom. The van der Waals surface area contributed by atoms with Gasteiger partial charge in [-0.3, -0.25) is 9.48 Å². The van der Waals surface area contributed by atoms with Gasteiger partial charge in [-0.15, -0.1) is 0 Å². The van der Waals surface area contributed by atoms with Crippen molar-refractivity contribution >= 4 is 33.8 Å². The molecule has 0 saturated heterocycles. The standard InChI is InChI=1S/C30H31F2N5O2/c1-33-30(38)26-17-35(2)28-23(18-6-9-39-10-7-18)12-21(13-24(26)28)37-8-4-5-19-11-22(20-15-34-36(3)16-20)25(29(31)32)14-27(19)37/h6,11-17,29H,4-5,7-10H2,1-3H3,(H,33,38). The van der Waals surface area contributed by atoms with E-state index < -0.39 is 6.43 Å². The van der Waals surface area contributed by atoms with Gasteiger partial charge in [0.1, 0.15) is 0 Å². The van der Waals surface area contributed by atoms with Crippen LogP contribution >= 0.6 is 0 Å². The highest BCUT2D eigenvalue weighted by atomic mass is 19.3. The molecule has 6 rings (SSSR count). The number of nitrogens with zero attached hydrogens (tertiary/aromatic N) is 4. The Hall–Kier alpha value is -3.98. The van der Waals surface area contributed by atoms with E-state index in [2.05, 4.69) is 27.5 Å². The molecule has 1 N–H and O–H groups in total. The molecule has 39 heavy (non-hydrogen) atoms. The number of amides is 1. The van der Waals surface area contributed by atoms with Gasteiger partial charge in [-0.2, -0.15) is 5.10 Å². The third-order valence-corrected chi connectivity index (χ3v) is 7.77. The Morgan fingerprint density at radius 1 is 1.10 bits per heavy atom. The van der Waals surface area contributed by atoms with Crippen LogP contribution in [0.1, 0.15) is 46.3 Å². The number of carbonyl (C=O) groups excluding carboxylic acids is 1. The second-order valence-electron chi connectivity index (χ2n) is 10.2. The number of benzene rings is 2. The third-order valence-electron chi connectivity index (χ3n) is 7.77. The molecule has 0 aliphatic carbocycles. The van der Waals surface area contributed by atoms with Crippen molar-refractivity contribution in [3.8, 4) is 11.1 Å². The molecular formula is C30H31F2N5O2. The molecule has 0 saturated carbocycles. The predicted molar refractivity (Wildman–Crippen MR) is 149 cm³/mol. The van der Waals surface area contributed by atoms with E-state index in [0.717, 1.165) is 58.2 Å². The second kappa shape index (κ2) is 9.96. The molecule has 0 atom stereocenters. The summed E-state index contributed by atoms with van der Waals surface area (Å²) in [6, 6.07) is 7.71. The normalized spacial score (nSPS) is 15.5. The molecule has 4 aromatic rings. The van der Waals surface area contributed by atoms with Gasteiger partial charge in [0.05, 0.1) is 30.5 Å². The fourth-order valence-electron chi connectivity index (χ4n) is 5.93. The number of nitrogens with one attached hydrogen (secondary N) is 1. The quantitative estimate of drug-likeness (QED) is 0.356. The lowest BCUT2D eigenvalue weighted by Gasteiger charge is -2.33. The van der Waals surface area contributed by atoms with E-state index in [1.165, 1.54) is 0 Å². The maximum absolute atomic E-state index is 14.4. The van der Waals surface area contributed by atoms with Crippen molar-refractivity contribution in [3.05, 3.63) is 71.2 Å². The second-order valence-corrected chi connectivity index (χ2v) is 10.2. The van der Waals surface area contributed by atoms with Gasteiger partial charge in [-0.1, -0.05) is 6.08 Å². The summed E-state index contributed by atoms with van der Waals surface area (Å²) in [7, 11) is 5.35. The van der Waals surface area contributed by atoms with Crippen LogP contribution in [-0.2, 0) is 25.3 Å². The van der Waals surface area contributed by atoms with Crippen molar-refractivity contribution in [2.75, 3.05) is 31.7 Å². The minimum absolute atomic E-state index is 0.00662. The Kier molecular flexibility index (Phi) is 6.46. The third kappa shape index (κ3) is 4.40. The summed E-state index contributed by atoms with van der Waals surface area (Å²) in [5.41, 5.74) is 7.65. The first-order valence-corrected chi connectivity index (χ1v) is 13.2. The van der Waals surface area contributed by atoms with Crippen LogP contribution in [0.2, 0.25) is 0 Å². The van der Waals surface area contributed by atoms with Crippen LogP contribution in [0.5, 0.6) is 0 Å². The number of halogens is 2. The molecule has 0 bridgehead atoms. The van der Waals surface area contributed by atoms with Crippen LogP contribution in [0.3, 0.4) is 0 Å². The minimum Gasteiger partial charge on any atom is -0.377 e. The summed E-state index contributed by atoms with van der Waals surface area (Å²) in [6.07, 6.45) is 7.17. The number of anilines is 2. The number of ether oxygens (including phenoxy) is 1. The van der Waals surface area contributed by atoms with Crippen molar-refractivity contribution in [2.45, 2.75) is 25.7 Å². The number of fused-ring (bicyclic) bond motifs is 2. The van der Waals surface area contributed by atoms with Crippen molar-refractivity contribution in [1.82, 2.24) is 19.7 Å². The topological polar surface area (TPSA) is 64.3 Å². The van der Waals surface area contributed by atoms with Crippen molar-refractivity contribution in [2.24, 2.45) is 14.1 Å². The highest BCUT2D eigenvalue weighted by Crippen LogP contribution is 2.43. The van der Waals surface area contributed by atoms with Crippen LogP contribution in [0.15, 0.2) is 48.9 Å². The molecule has 202 valence electrons. The van der Waals surface area contributed by atoms with Gasteiger partial charge in [-0.25, -0.2) is 8.78 Å². The first kappa shape index (κ1) is 25.3. The molecule has 1 amide bonds. The predicted octanol–water partition coefficient (Wildman–Crippen LogP) is 5.76. The first-order valence-electron chi connectivity index (χ1n) is 13.2.